The maximum atomic E-state index is 12.4. The molecule has 0 saturated heterocycles. The van der Waals surface area contributed by atoms with Crippen molar-refractivity contribution >= 4 is 12.0 Å². The molecule has 0 radical (unpaired) electrons. The lowest BCUT2D eigenvalue weighted by Crippen LogP contribution is -2.05. The van der Waals surface area contributed by atoms with Gasteiger partial charge < -0.3 is 10.2 Å². The molecule has 17 heavy (non-hydrogen) atoms. The Morgan fingerprint density at radius 2 is 1.94 bits per heavy atom. The first-order valence-corrected chi connectivity index (χ1v) is 4.53. The molecule has 0 saturated carbocycles. The van der Waals surface area contributed by atoms with E-state index in [-0.39, 0.29) is 11.1 Å². The van der Waals surface area contributed by atoms with Crippen LogP contribution in [-0.2, 0) is 11.0 Å². The zero-order chi connectivity index (χ0) is 13.2. The highest BCUT2D eigenvalue weighted by Crippen LogP contribution is 2.36. The second-order valence-electron chi connectivity index (χ2n) is 3.41. The Kier molecular flexibility index (Phi) is 3.45. The summed E-state index contributed by atoms with van der Waals surface area (Å²) in [5.74, 6) is -2.10. The molecule has 0 aliphatic rings. The first kappa shape index (κ1) is 13.1. The quantitative estimate of drug-likeness (QED) is 0.789. The van der Waals surface area contributed by atoms with Crippen molar-refractivity contribution in [1.29, 1.82) is 0 Å². The Morgan fingerprint density at radius 1 is 1.35 bits per heavy atom. The van der Waals surface area contributed by atoms with E-state index < -0.39 is 23.5 Å². The largest absolute Gasteiger partial charge is 0.507 e. The number of aliphatic carboxylic acids is 1. The van der Waals surface area contributed by atoms with E-state index in [1.54, 1.807) is 0 Å². The Bertz CT molecular complexity index is 475. The zero-order valence-corrected chi connectivity index (χ0v) is 8.75. The molecule has 92 valence electrons. The average molecular weight is 246 g/mol. The van der Waals surface area contributed by atoms with Crippen LogP contribution in [0.5, 0.6) is 5.75 Å². The average Bonchev–Trinajstić information content (AvgIpc) is 2.19. The van der Waals surface area contributed by atoms with Crippen molar-refractivity contribution in [2.75, 3.05) is 0 Å². The minimum Gasteiger partial charge on any atom is -0.507 e. The summed E-state index contributed by atoms with van der Waals surface area (Å²) in [6, 6.07) is 2.78. The van der Waals surface area contributed by atoms with E-state index in [2.05, 4.69) is 0 Å². The highest BCUT2D eigenvalue weighted by molar-refractivity contribution is 5.91. The van der Waals surface area contributed by atoms with E-state index in [0.29, 0.717) is 6.07 Å². The summed E-state index contributed by atoms with van der Waals surface area (Å²) in [7, 11) is 0. The second-order valence-corrected chi connectivity index (χ2v) is 3.41. The van der Waals surface area contributed by atoms with Gasteiger partial charge in [-0.05, 0) is 30.7 Å². The lowest BCUT2D eigenvalue weighted by molar-refractivity contribution is -0.138. The molecular formula is C11H9F3O3. The number of carbonyl (C=O) groups is 1. The van der Waals surface area contributed by atoms with Crippen molar-refractivity contribution in [2.45, 2.75) is 13.1 Å². The van der Waals surface area contributed by atoms with Crippen molar-refractivity contribution in [3.8, 4) is 5.75 Å². The van der Waals surface area contributed by atoms with Gasteiger partial charge in [0.2, 0.25) is 0 Å². The minimum atomic E-state index is -4.68. The summed E-state index contributed by atoms with van der Waals surface area (Å²) in [4.78, 5) is 10.5. The number of phenols is 1. The van der Waals surface area contributed by atoms with Crippen molar-refractivity contribution in [2.24, 2.45) is 0 Å². The highest BCUT2D eigenvalue weighted by atomic mass is 19.4. The fourth-order valence-corrected chi connectivity index (χ4v) is 1.18. The number of hydrogen-bond acceptors (Lipinski definition) is 2. The van der Waals surface area contributed by atoms with E-state index in [0.717, 1.165) is 12.1 Å². The van der Waals surface area contributed by atoms with Gasteiger partial charge >= 0.3 is 12.1 Å². The summed E-state index contributed by atoms with van der Waals surface area (Å²) in [5, 5.41) is 17.6. The Hall–Kier alpha value is -1.98. The molecule has 0 unspecified atom stereocenters. The van der Waals surface area contributed by atoms with Crippen LogP contribution in [-0.4, -0.2) is 16.2 Å². The van der Waals surface area contributed by atoms with E-state index in [1.165, 1.54) is 13.0 Å². The summed E-state index contributed by atoms with van der Waals surface area (Å²) in [6.07, 6.45) is -3.58. The van der Waals surface area contributed by atoms with E-state index in [1.807, 2.05) is 0 Å². The number of halogens is 3. The zero-order valence-electron chi connectivity index (χ0n) is 8.75. The third-order valence-corrected chi connectivity index (χ3v) is 2.05. The molecule has 0 atom stereocenters. The fraction of sp³-hybridized carbons (Fsp3) is 0.182. The van der Waals surface area contributed by atoms with Crippen LogP contribution in [0, 0.1) is 0 Å². The Balaban J connectivity index is 3.23. The molecule has 3 nitrogen and oxygen atoms in total. The van der Waals surface area contributed by atoms with Crippen LogP contribution < -0.4 is 0 Å². The number of rotatable bonds is 2. The molecule has 0 aliphatic carbocycles. The maximum absolute atomic E-state index is 12.4. The topological polar surface area (TPSA) is 57.5 Å². The van der Waals surface area contributed by atoms with Crippen molar-refractivity contribution in [3.05, 3.63) is 34.9 Å². The lowest BCUT2D eigenvalue weighted by atomic mass is 10.1. The van der Waals surface area contributed by atoms with Gasteiger partial charge in [0.05, 0.1) is 5.56 Å². The summed E-state index contributed by atoms with van der Waals surface area (Å²) in [5.41, 5.74) is -1.22. The predicted molar refractivity (Wildman–Crippen MR) is 54.4 cm³/mol. The standard InChI is InChI=1S/C11H9F3O3/c1-6(10(16)17)4-7-2-3-9(15)8(5-7)11(12,13)14/h2-5,15H,1H3,(H,16,17)/b6-4+. The number of hydrogen-bond donors (Lipinski definition) is 2. The number of aromatic hydroxyl groups is 1. The molecule has 0 aromatic heterocycles. The third-order valence-electron chi connectivity index (χ3n) is 2.05. The van der Waals surface area contributed by atoms with Crippen molar-refractivity contribution in [3.63, 3.8) is 0 Å². The van der Waals surface area contributed by atoms with E-state index >= 15 is 0 Å². The maximum Gasteiger partial charge on any atom is 0.419 e. The number of carboxylic acid groups (broad SMARTS) is 1. The molecule has 0 bridgehead atoms. The molecule has 0 fully saturated rings. The summed E-state index contributed by atoms with van der Waals surface area (Å²) < 4.78 is 37.3. The normalized spacial score (nSPS) is 12.6. The van der Waals surface area contributed by atoms with Gasteiger partial charge in [0.1, 0.15) is 5.75 Å². The number of phenolic OH excluding ortho intramolecular Hbond substituents is 1. The molecule has 0 amide bonds. The molecule has 0 aliphatic heterocycles. The number of benzene rings is 1. The lowest BCUT2D eigenvalue weighted by Gasteiger charge is -2.09. The van der Waals surface area contributed by atoms with Gasteiger partial charge in [-0.1, -0.05) is 6.07 Å². The smallest absolute Gasteiger partial charge is 0.419 e. The van der Waals surface area contributed by atoms with Crippen LogP contribution in [0.1, 0.15) is 18.1 Å². The van der Waals surface area contributed by atoms with Crippen molar-refractivity contribution < 1.29 is 28.2 Å². The molecular weight excluding hydrogens is 237 g/mol. The van der Waals surface area contributed by atoms with Crippen LogP contribution in [0.15, 0.2) is 23.8 Å². The van der Waals surface area contributed by atoms with Gasteiger partial charge in [0.25, 0.3) is 0 Å². The Morgan fingerprint density at radius 3 is 2.41 bits per heavy atom. The molecule has 0 heterocycles. The monoisotopic (exact) mass is 246 g/mol. The molecule has 1 rings (SSSR count). The minimum absolute atomic E-state index is 0.0648. The Labute approximate surface area is 94.8 Å². The molecule has 1 aromatic carbocycles. The van der Waals surface area contributed by atoms with Gasteiger partial charge in [-0.3, -0.25) is 0 Å². The van der Waals surface area contributed by atoms with Gasteiger partial charge in [0, 0.05) is 5.57 Å². The number of alkyl halides is 3. The van der Waals surface area contributed by atoms with Crippen LogP contribution in [0.4, 0.5) is 13.2 Å². The molecule has 6 heteroatoms. The van der Waals surface area contributed by atoms with E-state index in [4.69, 9.17) is 10.2 Å². The molecule has 0 spiro atoms. The predicted octanol–water partition coefficient (Wildman–Crippen LogP) is 2.90. The van der Waals surface area contributed by atoms with Crippen LogP contribution in [0.2, 0.25) is 0 Å². The second kappa shape index (κ2) is 4.48. The van der Waals surface area contributed by atoms with Gasteiger partial charge in [-0.15, -0.1) is 0 Å². The van der Waals surface area contributed by atoms with Gasteiger partial charge in [-0.2, -0.15) is 13.2 Å². The van der Waals surface area contributed by atoms with E-state index in [9.17, 15) is 18.0 Å². The highest BCUT2D eigenvalue weighted by Gasteiger charge is 2.33. The first-order chi connectivity index (χ1) is 7.71. The van der Waals surface area contributed by atoms with Crippen LogP contribution in [0.25, 0.3) is 6.08 Å². The van der Waals surface area contributed by atoms with Gasteiger partial charge in [-0.25, -0.2) is 4.79 Å². The van der Waals surface area contributed by atoms with Gasteiger partial charge in [0.15, 0.2) is 0 Å². The SMILES string of the molecule is C/C(=C\c1ccc(O)c(C(F)(F)F)c1)C(=O)O. The fourth-order valence-electron chi connectivity index (χ4n) is 1.18. The number of carboxylic acids is 1. The van der Waals surface area contributed by atoms with Crippen LogP contribution in [0.3, 0.4) is 0 Å². The molecule has 2 N–H and O–H groups in total. The van der Waals surface area contributed by atoms with Crippen LogP contribution >= 0.6 is 0 Å². The summed E-state index contributed by atoms with van der Waals surface area (Å²) >= 11 is 0. The first-order valence-electron chi connectivity index (χ1n) is 4.53. The third kappa shape index (κ3) is 3.24. The molecule has 1 aromatic rings. The van der Waals surface area contributed by atoms with Crippen molar-refractivity contribution in [1.82, 2.24) is 0 Å². The summed E-state index contributed by atoms with van der Waals surface area (Å²) in [6.45, 7) is 1.27.